The van der Waals surface area contributed by atoms with Crippen LogP contribution in [0, 0.1) is 5.92 Å². The smallest absolute Gasteiger partial charge is 0.261 e. The molecule has 1 amide bonds. The lowest BCUT2D eigenvalue weighted by atomic mass is 10.1. The minimum absolute atomic E-state index is 0.0481. The fourth-order valence-corrected chi connectivity index (χ4v) is 3.65. The minimum Gasteiger partial charge on any atom is -0.497 e. The molecule has 1 atom stereocenters. The summed E-state index contributed by atoms with van der Waals surface area (Å²) in [5, 5.41) is 0. The molecule has 2 rings (SSSR count). The van der Waals surface area contributed by atoms with Crippen molar-refractivity contribution >= 4 is 15.9 Å². The van der Waals surface area contributed by atoms with E-state index < -0.39 is 22.0 Å². The molecule has 0 fully saturated rings. The van der Waals surface area contributed by atoms with Crippen molar-refractivity contribution in [2.75, 3.05) is 7.11 Å². The lowest BCUT2D eigenvalue weighted by molar-refractivity contribution is -0.137. The topological polar surface area (TPSA) is 93.7 Å². The Hall–Kier alpha value is -2.42. The van der Waals surface area contributed by atoms with Gasteiger partial charge in [-0.15, -0.1) is 0 Å². The number of methoxy groups -OCH3 is 1. The van der Waals surface area contributed by atoms with Gasteiger partial charge in [0.2, 0.25) is 10.0 Å². The van der Waals surface area contributed by atoms with E-state index in [0.717, 1.165) is 5.56 Å². The summed E-state index contributed by atoms with van der Waals surface area (Å²) in [4.78, 5) is 17.7. The van der Waals surface area contributed by atoms with Crippen molar-refractivity contribution in [2.24, 2.45) is 5.92 Å². The van der Waals surface area contributed by atoms with Crippen molar-refractivity contribution in [3.8, 4) is 5.75 Å². The van der Waals surface area contributed by atoms with Crippen LogP contribution in [0.2, 0.25) is 0 Å². The van der Waals surface area contributed by atoms with Crippen molar-refractivity contribution in [3.05, 3.63) is 60.2 Å². The van der Waals surface area contributed by atoms with Gasteiger partial charge in [-0.05, 0) is 35.7 Å². The number of hydroxylamine groups is 1. The Balaban J connectivity index is 2.01. The zero-order valence-electron chi connectivity index (χ0n) is 15.5. The highest BCUT2D eigenvalue weighted by molar-refractivity contribution is 7.89. The number of hydrogen-bond donors (Lipinski definition) is 2. The maximum Gasteiger partial charge on any atom is 0.261 e. The third-order valence-electron chi connectivity index (χ3n) is 3.86. The average Bonchev–Trinajstić information content (AvgIpc) is 2.66. The highest BCUT2D eigenvalue weighted by Gasteiger charge is 2.28. The molecule has 0 heterocycles. The van der Waals surface area contributed by atoms with Crippen LogP contribution in [0.15, 0.2) is 59.5 Å². The first-order chi connectivity index (χ1) is 12.8. The first-order valence-electron chi connectivity index (χ1n) is 8.45. The first-order valence-corrected chi connectivity index (χ1v) is 9.94. The summed E-state index contributed by atoms with van der Waals surface area (Å²) in [5.74, 6) is -0.294. The maximum absolute atomic E-state index is 12.6. The van der Waals surface area contributed by atoms with Crippen LogP contribution in [-0.2, 0) is 26.3 Å². The summed E-state index contributed by atoms with van der Waals surface area (Å²) in [6.45, 7) is 3.68. The Kier molecular flexibility index (Phi) is 7.35. The van der Waals surface area contributed by atoms with E-state index in [0.29, 0.717) is 5.75 Å². The van der Waals surface area contributed by atoms with Crippen LogP contribution in [-0.4, -0.2) is 27.5 Å². The maximum atomic E-state index is 12.6. The minimum atomic E-state index is -3.87. The second-order valence-corrected chi connectivity index (χ2v) is 7.97. The molecule has 27 heavy (non-hydrogen) atoms. The van der Waals surface area contributed by atoms with E-state index >= 15 is 0 Å². The molecule has 7 nitrogen and oxygen atoms in total. The molecule has 0 radical (unpaired) electrons. The SMILES string of the molecule is COc1ccc(S(=O)(=O)NC(C(=O)NOCc2ccccc2)C(C)C)cc1. The molecule has 1 unspecified atom stereocenters. The van der Waals surface area contributed by atoms with Gasteiger partial charge in [-0.25, -0.2) is 13.9 Å². The van der Waals surface area contributed by atoms with Crippen LogP contribution in [0.1, 0.15) is 19.4 Å². The van der Waals surface area contributed by atoms with Crippen molar-refractivity contribution in [3.63, 3.8) is 0 Å². The highest BCUT2D eigenvalue weighted by atomic mass is 32.2. The van der Waals surface area contributed by atoms with Crippen LogP contribution in [0.4, 0.5) is 0 Å². The Morgan fingerprint density at radius 2 is 1.67 bits per heavy atom. The molecule has 2 aromatic carbocycles. The summed E-state index contributed by atoms with van der Waals surface area (Å²) in [5.41, 5.74) is 3.21. The zero-order valence-corrected chi connectivity index (χ0v) is 16.3. The van der Waals surface area contributed by atoms with Gasteiger partial charge < -0.3 is 4.74 Å². The van der Waals surface area contributed by atoms with Gasteiger partial charge in [0.15, 0.2) is 0 Å². The second-order valence-electron chi connectivity index (χ2n) is 6.26. The molecule has 0 bridgehead atoms. The monoisotopic (exact) mass is 392 g/mol. The number of carbonyl (C=O) groups excluding carboxylic acids is 1. The van der Waals surface area contributed by atoms with Crippen LogP contribution in [0.25, 0.3) is 0 Å². The molecule has 0 saturated heterocycles. The highest BCUT2D eigenvalue weighted by Crippen LogP contribution is 2.16. The quantitative estimate of drug-likeness (QED) is 0.639. The number of benzene rings is 2. The van der Waals surface area contributed by atoms with Crippen molar-refractivity contribution < 1.29 is 22.8 Å². The molecule has 146 valence electrons. The van der Waals surface area contributed by atoms with E-state index in [-0.39, 0.29) is 17.4 Å². The Labute approximate surface area is 159 Å². The van der Waals surface area contributed by atoms with Crippen molar-refractivity contribution in [1.82, 2.24) is 10.2 Å². The predicted octanol–water partition coefficient (Wildman–Crippen LogP) is 2.25. The van der Waals surface area contributed by atoms with E-state index in [9.17, 15) is 13.2 Å². The Morgan fingerprint density at radius 3 is 2.22 bits per heavy atom. The summed E-state index contributed by atoms with van der Waals surface area (Å²) in [6, 6.07) is 14.3. The number of ether oxygens (including phenoxy) is 1. The number of rotatable bonds is 9. The van der Waals surface area contributed by atoms with Gasteiger partial charge in [0.05, 0.1) is 18.6 Å². The van der Waals surface area contributed by atoms with E-state index in [2.05, 4.69) is 10.2 Å². The first kappa shape index (κ1) is 20.9. The standard InChI is InChI=1S/C19H24N2O5S/c1-14(2)18(19(22)20-26-13-15-7-5-4-6-8-15)21-27(23,24)17-11-9-16(25-3)10-12-17/h4-12,14,18,21H,13H2,1-3H3,(H,20,22). The van der Waals surface area contributed by atoms with E-state index in [1.165, 1.54) is 19.2 Å². The van der Waals surface area contributed by atoms with Crippen LogP contribution >= 0.6 is 0 Å². The third kappa shape index (κ3) is 6.06. The molecule has 0 saturated carbocycles. The van der Waals surface area contributed by atoms with Crippen LogP contribution < -0.4 is 14.9 Å². The number of carbonyl (C=O) groups is 1. The van der Waals surface area contributed by atoms with Gasteiger partial charge in [0.1, 0.15) is 11.8 Å². The van der Waals surface area contributed by atoms with Crippen molar-refractivity contribution in [1.29, 1.82) is 0 Å². The molecule has 8 heteroatoms. The van der Waals surface area contributed by atoms with Gasteiger partial charge >= 0.3 is 0 Å². The van der Waals surface area contributed by atoms with Crippen LogP contribution in [0.3, 0.4) is 0 Å². The summed E-state index contributed by atoms with van der Waals surface area (Å²) < 4.78 is 32.6. The van der Waals surface area contributed by atoms with E-state index in [1.807, 2.05) is 30.3 Å². The Morgan fingerprint density at radius 1 is 1.04 bits per heavy atom. The lowest BCUT2D eigenvalue weighted by Gasteiger charge is -2.21. The molecule has 0 aliphatic heterocycles. The van der Waals surface area contributed by atoms with Gasteiger partial charge in [-0.3, -0.25) is 9.63 Å². The fourth-order valence-electron chi connectivity index (χ4n) is 2.31. The predicted molar refractivity (Wildman–Crippen MR) is 101 cm³/mol. The number of amides is 1. The summed E-state index contributed by atoms with van der Waals surface area (Å²) in [6.07, 6.45) is 0. The van der Waals surface area contributed by atoms with Gasteiger partial charge in [-0.1, -0.05) is 44.2 Å². The number of sulfonamides is 1. The fraction of sp³-hybridized carbons (Fsp3) is 0.316. The third-order valence-corrected chi connectivity index (χ3v) is 5.31. The van der Waals surface area contributed by atoms with Gasteiger partial charge in [0.25, 0.3) is 5.91 Å². The van der Waals surface area contributed by atoms with Crippen LogP contribution in [0.5, 0.6) is 5.75 Å². The molecule has 0 aliphatic rings. The molecule has 2 aromatic rings. The molecular weight excluding hydrogens is 368 g/mol. The largest absolute Gasteiger partial charge is 0.497 e. The summed E-state index contributed by atoms with van der Waals surface area (Å²) in [7, 11) is -2.38. The summed E-state index contributed by atoms with van der Waals surface area (Å²) >= 11 is 0. The molecule has 2 N–H and O–H groups in total. The number of hydrogen-bond acceptors (Lipinski definition) is 5. The average molecular weight is 392 g/mol. The van der Waals surface area contributed by atoms with Gasteiger partial charge in [0, 0.05) is 0 Å². The van der Waals surface area contributed by atoms with Crippen molar-refractivity contribution in [2.45, 2.75) is 31.4 Å². The van der Waals surface area contributed by atoms with E-state index in [1.54, 1.807) is 26.0 Å². The van der Waals surface area contributed by atoms with E-state index in [4.69, 9.17) is 9.57 Å². The molecular formula is C19H24N2O5S. The zero-order chi connectivity index (χ0) is 19.9. The lowest BCUT2D eigenvalue weighted by Crippen LogP contribution is -2.49. The molecule has 0 aliphatic carbocycles. The van der Waals surface area contributed by atoms with Gasteiger partial charge in [-0.2, -0.15) is 4.72 Å². The molecule has 0 aromatic heterocycles. The second kappa shape index (κ2) is 9.50. The normalized spacial score (nSPS) is 12.6. The molecule has 0 spiro atoms. The Bertz CT molecular complexity index is 836. The number of nitrogens with one attached hydrogen (secondary N) is 2.